The van der Waals surface area contributed by atoms with Gasteiger partial charge in [-0.2, -0.15) is 5.10 Å². The molecule has 0 spiro atoms. The Morgan fingerprint density at radius 3 is 2.94 bits per heavy atom. The standard InChI is InChI=1S/C12H14BrClN4/c1-18-8-16-12(17-18)4-5-15-7-9-2-3-10(13)11(14)6-9/h2-3,6,8,15H,4-5,7H2,1H3. The number of benzene rings is 1. The molecule has 0 aliphatic heterocycles. The highest BCUT2D eigenvalue weighted by Gasteiger charge is 2.00. The molecule has 0 saturated carbocycles. The van der Waals surface area contributed by atoms with Crippen LogP contribution in [0.3, 0.4) is 0 Å². The first-order valence-electron chi connectivity index (χ1n) is 5.64. The molecule has 0 saturated heterocycles. The van der Waals surface area contributed by atoms with Crippen molar-refractivity contribution >= 4 is 27.5 Å². The molecule has 0 atom stereocenters. The maximum absolute atomic E-state index is 6.03. The van der Waals surface area contributed by atoms with Gasteiger partial charge in [-0.15, -0.1) is 0 Å². The number of aryl methyl sites for hydroxylation is 1. The predicted octanol–water partition coefficient (Wildman–Crippen LogP) is 2.56. The molecular formula is C12H14BrClN4. The lowest BCUT2D eigenvalue weighted by Gasteiger charge is -2.05. The second-order valence-electron chi connectivity index (χ2n) is 4.01. The van der Waals surface area contributed by atoms with Crippen LogP contribution in [0.1, 0.15) is 11.4 Å². The number of hydrogen-bond acceptors (Lipinski definition) is 3. The van der Waals surface area contributed by atoms with Gasteiger partial charge >= 0.3 is 0 Å². The van der Waals surface area contributed by atoms with Crippen molar-refractivity contribution in [3.63, 3.8) is 0 Å². The molecule has 0 radical (unpaired) electrons. The van der Waals surface area contributed by atoms with Crippen molar-refractivity contribution in [3.8, 4) is 0 Å². The molecule has 2 aromatic rings. The SMILES string of the molecule is Cn1cnc(CCNCc2ccc(Br)c(Cl)c2)n1. The van der Waals surface area contributed by atoms with Gasteiger partial charge in [0.05, 0.1) is 5.02 Å². The van der Waals surface area contributed by atoms with Crippen molar-refractivity contribution in [1.82, 2.24) is 20.1 Å². The van der Waals surface area contributed by atoms with E-state index in [2.05, 4.69) is 31.3 Å². The van der Waals surface area contributed by atoms with E-state index in [0.717, 1.165) is 40.4 Å². The summed E-state index contributed by atoms with van der Waals surface area (Å²) in [5.41, 5.74) is 1.16. The van der Waals surface area contributed by atoms with Gasteiger partial charge in [-0.05, 0) is 33.6 Å². The van der Waals surface area contributed by atoms with Crippen LogP contribution in [-0.4, -0.2) is 21.3 Å². The first-order chi connectivity index (χ1) is 8.65. The molecule has 4 nitrogen and oxygen atoms in total. The van der Waals surface area contributed by atoms with Gasteiger partial charge in [-0.25, -0.2) is 4.98 Å². The lowest BCUT2D eigenvalue weighted by atomic mass is 10.2. The molecule has 1 aromatic carbocycles. The number of hydrogen-bond donors (Lipinski definition) is 1. The molecule has 0 fully saturated rings. The average molecular weight is 330 g/mol. The highest BCUT2D eigenvalue weighted by Crippen LogP contribution is 2.22. The third-order valence-electron chi connectivity index (χ3n) is 2.49. The highest BCUT2D eigenvalue weighted by molar-refractivity contribution is 9.10. The Morgan fingerprint density at radius 1 is 1.44 bits per heavy atom. The van der Waals surface area contributed by atoms with Crippen LogP contribution in [-0.2, 0) is 20.0 Å². The molecule has 96 valence electrons. The van der Waals surface area contributed by atoms with Crippen LogP contribution in [0.25, 0.3) is 0 Å². The van der Waals surface area contributed by atoms with E-state index >= 15 is 0 Å². The van der Waals surface area contributed by atoms with Crippen molar-refractivity contribution in [2.24, 2.45) is 7.05 Å². The van der Waals surface area contributed by atoms with Gasteiger partial charge in [0.25, 0.3) is 0 Å². The van der Waals surface area contributed by atoms with Crippen molar-refractivity contribution in [1.29, 1.82) is 0 Å². The second kappa shape index (κ2) is 6.31. The van der Waals surface area contributed by atoms with E-state index in [-0.39, 0.29) is 0 Å². The zero-order valence-electron chi connectivity index (χ0n) is 10.0. The van der Waals surface area contributed by atoms with Gasteiger partial charge in [0.2, 0.25) is 0 Å². The summed E-state index contributed by atoms with van der Waals surface area (Å²) in [6.45, 7) is 1.64. The fourth-order valence-electron chi connectivity index (χ4n) is 1.58. The monoisotopic (exact) mass is 328 g/mol. The quantitative estimate of drug-likeness (QED) is 0.857. The van der Waals surface area contributed by atoms with E-state index in [4.69, 9.17) is 11.6 Å². The van der Waals surface area contributed by atoms with E-state index in [0.29, 0.717) is 0 Å². The Morgan fingerprint density at radius 2 is 2.28 bits per heavy atom. The highest BCUT2D eigenvalue weighted by atomic mass is 79.9. The van der Waals surface area contributed by atoms with Gasteiger partial charge in [0.1, 0.15) is 6.33 Å². The number of halogens is 2. The molecule has 18 heavy (non-hydrogen) atoms. The molecule has 0 unspecified atom stereocenters. The summed E-state index contributed by atoms with van der Waals surface area (Å²) < 4.78 is 2.63. The minimum Gasteiger partial charge on any atom is -0.312 e. The van der Waals surface area contributed by atoms with Crippen molar-refractivity contribution < 1.29 is 0 Å². The Balaban J connectivity index is 1.76. The molecule has 0 aliphatic carbocycles. The Hall–Kier alpha value is -0.910. The summed E-state index contributed by atoms with van der Waals surface area (Å²) in [7, 11) is 1.87. The van der Waals surface area contributed by atoms with Crippen LogP contribution in [0.2, 0.25) is 5.02 Å². The summed E-state index contributed by atoms with van der Waals surface area (Å²) in [6.07, 6.45) is 2.54. The van der Waals surface area contributed by atoms with E-state index in [1.165, 1.54) is 0 Å². The van der Waals surface area contributed by atoms with Gasteiger partial charge in [-0.1, -0.05) is 17.7 Å². The minimum atomic E-state index is 0.737. The zero-order valence-corrected chi connectivity index (χ0v) is 12.4. The maximum atomic E-state index is 6.03. The fraction of sp³-hybridized carbons (Fsp3) is 0.333. The molecule has 0 amide bonds. The first-order valence-corrected chi connectivity index (χ1v) is 6.81. The van der Waals surface area contributed by atoms with Crippen molar-refractivity contribution in [2.45, 2.75) is 13.0 Å². The predicted molar refractivity (Wildman–Crippen MR) is 75.6 cm³/mol. The Bertz CT molecular complexity index is 527. The summed E-state index contributed by atoms with van der Waals surface area (Å²) in [5, 5.41) is 8.30. The first kappa shape index (κ1) is 13.5. The summed E-state index contributed by atoms with van der Waals surface area (Å²) in [6, 6.07) is 5.96. The van der Waals surface area contributed by atoms with E-state index in [1.807, 2.05) is 25.2 Å². The van der Waals surface area contributed by atoms with Crippen LogP contribution in [0.4, 0.5) is 0 Å². The minimum absolute atomic E-state index is 0.737. The van der Waals surface area contributed by atoms with E-state index in [1.54, 1.807) is 11.0 Å². The molecule has 2 rings (SSSR count). The molecule has 0 aliphatic rings. The lowest BCUT2D eigenvalue weighted by Crippen LogP contribution is -2.17. The maximum Gasteiger partial charge on any atom is 0.151 e. The Kier molecular flexibility index (Phi) is 4.74. The summed E-state index contributed by atoms with van der Waals surface area (Å²) in [5.74, 6) is 0.860. The summed E-state index contributed by atoms with van der Waals surface area (Å²) in [4.78, 5) is 4.17. The largest absolute Gasteiger partial charge is 0.312 e. The van der Waals surface area contributed by atoms with E-state index in [9.17, 15) is 0 Å². The van der Waals surface area contributed by atoms with E-state index < -0.39 is 0 Å². The van der Waals surface area contributed by atoms with Crippen LogP contribution < -0.4 is 5.32 Å². The number of nitrogens with one attached hydrogen (secondary N) is 1. The van der Waals surface area contributed by atoms with Crippen molar-refractivity contribution in [2.75, 3.05) is 6.54 Å². The normalized spacial score (nSPS) is 10.8. The van der Waals surface area contributed by atoms with Crippen LogP contribution >= 0.6 is 27.5 Å². The zero-order chi connectivity index (χ0) is 13.0. The van der Waals surface area contributed by atoms with Crippen LogP contribution in [0, 0.1) is 0 Å². The molecule has 1 heterocycles. The molecule has 6 heteroatoms. The fourth-order valence-corrected chi connectivity index (χ4v) is 2.03. The number of rotatable bonds is 5. The Labute approximate surface area is 119 Å². The molecule has 0 bridgehead atoms. The van der Waals surface area contributed by atoms with Gasteiger partial charge in [0.15, 0.2) is 5.82 Å². The van der Waals surface area contributed by atoms with Gasteiger partial charge in [0, 0.05) is 31.0 Å². The third kappa shape index (κ3) is 3.80. The van der Waals surface area contributed by atoms with Gasteiger partial charge < -0.3 is 5.32 Å². The molecular weight excluding hydrogens is 316 g/mol. The third-order valence-corrected chi connectivity index (χ3v) is 3.72. The number of nitrogens with zero attached hydrogens (tertiary/aromatic N) is 3. The van der Waals surface area contributed by atoms with Gasteiger partial charge in [-0.3, -0.25) is 4.68 Å². The van der Waals surface area contributed by atoms with Crippen molar-refractivity contribution in [3.05, 3.63) is 45.4 Å². The number of aromatic nitrogens is 3. The summed E-state index contributed by atoms with van der Waals surface area (Å²) >= 11 is 9.40. The topological polar surface area (TPSA) is 42.7 Å². The van der Waals surface area contributed by atoms with Crippen LogP contribution in [0.5, 0.6) is 0 Å². The molecule has 1 aromatic heterocycles. The second-order valence-corrected chi connectivity index (χ2v) is 5.27. The lowest BCUT2D eigenvalue weighted by molar-refractivity contribution is 0.661. The van der Waals surface area contributed by atoms with Crippen LogP contribution in [0.15, 0.2) is 29.0 Å². The smallest absolute Gasteiger partial charge is 0.151 e. The molecule has 1 N–H and O–H groups in total. The average Bonchev–Trinajstić information content (AvgIpc) is 2.75.